The molecule has 2 aliphatic heterocycles. The van der Waals surface area contributed by atoms with E-state index in [9.17, 15) is 19.2 Å². The zero-order valence-electron chi connectivity index (χ0n) is 23.2. The normalized spacial score (nSPS) is 19.9. The molecule has 3 aromatic carbocycles. The number of hydrogen-bond acceptors (Lipinski definition) is 6. The first-order chi connectivity index (χ1) is 20.0. The summed E-state index contributed by atoms with van der Waals surface area (Å²) in [7, 11) is 0. The van der Waals surface area contributed by atoms with Gasteiger partial charge in [-0.2, -0.15) is 0 Å². The smallest absolute Gasteiger partial charge is 0.308 e. The number of benzene rings is 3. The molecule has 0 aliphatic carbocycles. The van der Waals surface area contributed by atoms with Crippen molar-refractivity contribution < 1.29 is 14.4 Å². The van der Waals surface area contributed by atoms with Gasteiger partial charge in [0.15, 0.2) is 0 Å². The molecule has 6 rings (SSSR count). The molecule has 3 heterocycles. The van der Waals surface area contributed by atoms with Gasteiger partial charge in [-0.1, -0.05) is 97.9 Å². The topological polar surface area (TPSA) is 88.5 Å². The van der Waals surface area contributed by atoms with Crippen LogP contribution in [0.4, 0.5) is 11.4 Å². The molecule has 1 N–H and O–H groups in total. The molecule has 0 radical (unpaired) electrons. The van der Waals surface area contributed by atoms with Gasteiger partial charge < -0.3 is 5.32 Å². The van der Waals surface area contributed by atoms with Gasteiger partial charge >= 0.3 is 4.87 Å². The lowest BCUT2D eigenvalue weighted by molar-refractivity contribution is -0.122. The predicted octanol–water partition coefficient (Wildman–Crippen LogP) is 6.30. The van der Waals surface area contributed by atoms with Crippen LogP contribution in [0, 0.1) is 5.92 Å². The number of aromatic nitrogens is 1. The number of thioether (sulfide) groups is 1. The van der Waals surface area contributed by atoms with Crippen molar-refractivity contribution in [3.63, 3.8) is 0 Å². The van der Waals surface area contributed by atoms with Crippen LogP contribution in [0.25, 0.3) is 0 Å². The van der Waals surface area contributed by atoms with E-state index in [0.29, 0.717) is 26.3 Å². The zero-order valence-corrected chi connectivity index (χ0v) is 25.6. The average Bonchev–Trinajstić information content (AvgIpc) is 3.40. The molecule has 1 fully saturated rings. The van der Waals surface area contributed by atoms with Crippen LogP contribution in [0.1, 0.15) is 42.7 Å². The van der Waals surface area contributed by atoms with Crippen LogP contribution < -0.4 is 15.1 Å². The lowest BCUT2D eigenvalue weighted by Gasteiger charge is -2.31. The van der Waals surface area contributed by atoms with Crippen molar-refractivity contribution in [2.45, 2.75) is 48.9 Å². The van der Waals surface area contributed by atoms with Gasteiger partial charge in [0.1, 0.15) is 11.8 Å². The molecule has 0 saturated carbocycles. The minimum absolute atomic E-state index is 0.0660. The van der Waals surface area contributed by atoms with Crippen LogP contribution in [-0.2, 0) is 26.3 Å². The molecule has 2 aliphatic rings. The van der Waals surface area contributed by atoms with E-state index in [1.807, 2.05) is 30.3 Å². The van der Waals surface area contributed by atoms with Crippen LogP contribution >= 0.6 is 34.7 Å². The first-order valence-electron chi connectivity index (χ1n) is 13.5. The summed E-state index contributed by atoms with van der Waals surface area (Å²) in [5.74, 6) is -2.19. The molecule has 42 heavy (non-hydrogen) atoms. The molecule has 3 amide bonds. The van der Waals surface area contributed by atoms with Gasteiger partial charge in [-0.3, -0.25) is 23.7 Å². The second kappa shape index (κ2) is 10.9. The van der Waals surface area contributed by atoms with Gasteiger partial charge in [-0.05, 0) is 52.9 Å². The Bertz CT molecular complexity index is 1740. The molecule has 0 unspecified atom stereocenters. The van der Waals surface area contributed by atoms with Gasteiger partial charge in [0.25, 0.3) is 0 Å². The number of thiazole rings is 1. The first kappa shape index (κ1) is 28.5. The average molecular weight is 618 g/mol. The van der Waals surface area contributed by atoms with Gasteiger partial charge in [-0.15, -0.1) is 0 Å². The third-order valence-electron chi connectivity index (χ3n) is 7.63. The van der Waals surface area contributed by atoms with Gasteiger partial charge in [0.2, 0.25) is 17.7 Å². The largest absolute Gasteiger partial charge is 0.325 e. The molecular formula is C32H28ClN3O4S2. The number of carbonyl (C=O) groups is 3. The summed E-state index contributed by atoms with van der Waals surface area (Å²) in [6, 6.07) is 23.7. The number of rotatable bonds is 5. The molecule has 0 bridgehead atoms. The summed E-state index contributed by atoms with van der Waals surface area (Å²) >= 11 is 8.20. The molecule has 1 saturated heterocycles. The maximum atomic E-state index is 14.0. The summed E-state index contributed by atoms with van der Waals surface area (Å²) in [6.45, 7) is 6.17. The summed E-state index contributed by atoms with van der Waals surface area (Å²) in [5, 5.41) is 3.16. The van der Waals surface area contributed by atoms with E-state index >= 15 is 0 Å². The van der Waals surface area contributed by atoms with Crippen LogP contribution in [0.2, 0.25) is 5.02 Å². The fourth-order valence-corrected chi connectivity index (χ4v) is 8.41. The number of amides is 3. The third-order valence-corrected chi connectivity index (χ3v) is 10.5. The highest BCUT2D eigenvalue weighted by atomic mass is 35.5. The lowest BCUT2D eigenvalue weighted by atomic mass is 9.81. The number of nitrogens with zero attached hydrogens (tertiary/aromatic N) is 2. The van der Waals surface area contributed by atoms with E-state index < -0.39 is 17.1 Å². The molecule has 214 valence electrons. The summed E-state index contributed by atoms with van der Waals surface area (Å²) < 4.78 is 1.42. The number of anilines is 2. The van der Waals surface area contributed by atoms with Crippen LogP contribution in [0.15, 0.2) is 88.7 Å². The number of para-hydroxylation sites is 1. The maximum absolute atomic E-state index is 14.0. The monoisotopic (exact) mass is 617 g/mol. The number of nitrogens with one attached hydrogen (secondary N) is 1. The zero-order chi connectivity index (χ0) is 29.8. The van der Waals surface area contributed by atoms with E-state index in [2.05, 4.69) is 26.1 Å². The van der Waals surface area contributed by atoms with Crippen molar-refractivity contribution in [3.8, 4) is 0 Å². The Morgan fingerprint density at radius 1 is 0.905 bits per heavy atom. The van der Waals surface area contributed by atoms with E-state index in [-0.39, 0.29) is 34.6 Å². The number of hydrogen-bond donors (Lipinski definition) is 1. The van der Waals surface area contributed by atoms with Crippen molar-refractivity contribution in [3.05, 3.63) is 110 Å². The molecular weight excluding hydrogens is 590 g/mol. The Hall–Kier alpha value is -3.66. The van der Waals surface area contributed by atoms with Crippen molar-refractivity contribution in [1.29, 1.82) is 0 Å². The minimum atomic E-state index is -0.739. The molecule has 3 atom stereocenters. The van der Waals surface area contributed by atoms with E-state index in [1.54, 1.807) is 48.5 Å². The van der Waals surface area contributed by atoms with Crippen molar-refractivity contribution >= 4 is 63.8 Å². The Morgan fingerprint density at radius 3 is 2.21 bits per heavy atom. The maximum Gasteiger partial charge on any atom is 0.308 e. The molecule has 10 heteroatoms. The Kier molecular flexibility index (Phi) is 7.37. The minimum Gasteiger partial charge on any atom is -0.325 e. The number of fused-ring (bicyclic) bond motifs is 2. The van der Waals surface area contributed by atoms with Gasteiger partial charge in [0.05, 0.1) is 16.6 Å². The highest BCUT2D eigenvalue weighted by Gasteiger charge is 2.56. The fourth-order valence-electron chi connectivity index (χ4n) is 5.51. The van der Waals surface area contributed by atoms with E-state index in [1.165, 1.54) is 21.2 Å². The van der Waals surface area contributed by atoms with Crippen molar-refractivity contribution in [1.82, 2.24) is 4.57 Å². The van der Waals surface area contributed by atoms with Crippen molar-refractivity contribution in [2.24, 2.45) is 5.92 Å². The van der Waals surface area contributed by atoms with E-state index in [0.717, 1.165) is 22.5 Å². The Labute approximate surface area is 256 Å². The second-order valence-electron chi connectivity index (χ2n) is 11.4. The number of carbonyl (C=O) groups excluding carboxylic acids is 3. The van der Waals surface area contributed by atoms with Crippen molar-refractivity contribution in [2.75, 3.05) is 10.2 Å². The standard InChI is InChI=1S/C32H28ClN3O4S2/c1-32(2,3)19-11-9-18(10-12-19)24-25-26(29(39)36(28(25)38)22-7-5-4-6-8-22)41-30-27(24)42-31(40)35(30)17-23(37)34-21-15-13-20(33)14-16-21/h4-16,24-26H,17H2,1-3H3,(H,34,37)/t24-,25-,26+/m0/s1. The Balaban J connectivity index is 1.41. The SMILES string of the molecule is CC(C)(C)c1ccc([C@@H]2c3sc(=O)n(CC(=O)Nc4ccc(Cl)cc4)c3S[C@H]3C(=O)N(c4ccccc4)C(=O)[C@@H]23)cc1. The second-order valence-corrected chi connectivity index (χ2v) is 14.0. The predicted molar refractivity (Wildman–Crippen MR) is 168 cm³/mol. The fraction of sp³-hybridized carbons (Fsp3) is 0.250. The quantitative estimate of drug-likeness (QED) is 0.266. The molecule has 0 spiro atoms. The molecule has 1 aromatic heterocycles. The lowest BCUT2D eigenvalue weighted by Crippen LogP contribution is -2.33. The molecule has 4 aromatic rings. The summed E-state index contributed by atoms with van der Waals surface area (Å²) in [4.78, 5) is 55.9. The Morgan fingerprint density at radius 2 is 1.57 bits per heavy atom. The third kappa shape index (κ3) is 5.10. The van der Waals surface area contributed by atoms with Gasteiger partial charge in [-0.25, -0.2) is 4.90 Å². The van der Waals surface area contributed by atoms with E-state index in [4.69, 9.17) is 11.6 Å². The molecule has 7 nitrogen and oxygen atoms in total. The summed E-state index contributed by atoms with van der Waals surface area (Å²) in [5.41, 5.74) is 3.00. The van der Waals surface area contributed by atoms with Crippen LogP contribution in [0.5, 0.6) is 0 Å². The first-order valence-corrected chi connectivity index (χ1v) is 15.6. The number of imide groups is 1. The van der Waals surface area contributed by atoms with Gasteiger partial charge in [0, 0.05) is 21.5 Å². The van der Waals surface area contributed by atoms with Crippen LogP contribution in [-0.4, -0.2) is 27.5 Å². The highest BCUT2D eigenvalue weighted by molar-refractivity contribution is 8.00. The summed E-state index contributed by atoms with van der Waals surface area (Å²) in [6.07, 6.45) is 0. The highest BCUT2D eigenvalue weighted by Crippen LogP contribution is 2.54. The number of halogens is 1. The van der Waals surface area contributed by atoms with Crippen LogP contribution in [0.3, 0.4) is 0 Å².